The number of aromatic amines is 1. The zero-order valence-corrected chi connectivity index (χ0v) is 18.0. The summed E-state index contributed by atoms with van der Waals surface area (Å²) >= 11 is -0.971. The van der Waals surface area contributed by atoms with Crippen LogP contribution in [0.15, 0.2) is 15.6 Å². The van der Waals surface area contributed by atoms with E-state index in [0.29, 0.717) is 0 Å². The number of H-pyrrole nitrogens is 1. The van der Waals surface area contributed by atoms with E-state index in [4.69, 9.17) is 0 Å². The van der Waals surface area contributed by atoms with Crippen molar-refractivity contribution in [2.24, 2.45) is 0 Å². The summed E-state index contributed by atoms with van der Waals surface area (Å²) in [7, 11) is 0. The Morgan fingerprint density at radius 1 is 1.00 bits per heavy atom. The van der Waals surface area contributed by atoms with Gasteiger partial charge in [0.25, 0.3) is 0 Å². The quantitative estimate of drug-likeness (QED) is 0.492. The summed E-state index contributed by atoms with van der Waals surface area (Å²) in [5.74, 6) is 0. The van der Waals surface area contributed by atoms with Gasteiger partial charge in [-0.3, -0.25) is 0 Å². The minimum atomic E-state index is -2.68. The fourth-order valence-corrected chi connectivity index (χ4v) is 20.6. The number of unbranched alkanes of at least 4 members (excludes halogenated alkanes) is 3. The Morgan fingerprint density at radius 2 is 1.55 bits per heavy atom. The molecule has 0 radical (unpaired) electrons. The molecule has 1 N–H and O–H groups in total. The van der Waals surface area contributed by atoms with Crippen LogP contribution < -0.4 is 5.69 Å². The van der Waals surface area contributed by atoms with Gasteiger partial charge in [0.2, 0.25) is 0 Å². The first-order chi connectivity index (χ1) is 10.7. The summed E-state index contributed by atoms with van der Waals surface area (Å²) in [4.78, 5) is 15.8. The number of hydrogen-bond acceptors (Lipinski definition) is 2. The Morgan fingerprint density at radius 3 is 2.05 bits per heavy atom. The molecule has 0 aliphatic heterocycles. The van der Waals surface area contributed by atoms with Crippen molar-refractivity contribution in [2.45, 2.75) is 72.6 Å². The molecule has 2 aromatic heterocycles. The van der Waals surface area contributed by atoms with E-state index < -0.39 is 18.7 Å². The molecule has 0 aliphatic carbocycles. The average molecular weight is 429 g/mol. The molecule has 0 spiro atoms. The Hall–Kier alpha value is -0.231. The van der Waals surface area contributed by atoms with E-state index in [0.717, 1.165) is 5.52 Å². The van der Waals surface area contributed by atoms with Gasteiger partial charge in [-0.1, -0.05) is 0 Å². The van der Waals surface area contributed by atoms with Crippen molar-refractivity contribution in [3.05, 3.63) is 21.2 Å². The van der Waals surface area contributed by atoms with Gasteiger partial charge in [-0.05, 0) is 0 Å². The van der Waals surface area contributed by atoms with Crippen molar-refractivity contribution in [3.8, 4) is 0 Å². The zero-order valence-electron chi connectivity index (χ0n) is 14.3. The van der Waals surface area contributed by atoms with E-state index >= 15 is 0 Å². The molecule has 2 heterocycles. The van der Waals surface area contributed by atoms with E-state index in [-0.39, 0.29) is 5.69 Å². The van der Waals surface area contributed by atoms with Gasteiger partial charge >= 0.3 is 143 Å². The monoisotopic (exact) mass is 430 g/mol. The van der Waals surface area contributed by atoms with E-state index in [1.807, 2.05) is 0 Å². The average Bonchev–Trinajstić information content (AvgIpc) is 3.07. The van der Waals surface area contributed by atoms with Crippen LogP contribution in [0.5, 0.6) is 0 Å². The third-order valence-corrected chi connectivity index (χ3v) is 20.5. The predicted molar refractivity (Wildman–Crippen MR) is 101 cm³/mol. The number of fused-ring (bicyclic) bond motifs is 1. The molecule has 0 fully saturated rings. The van der Waals surface area contributed by atoms with Gasteiger partial charge in [0.15, 0.2) is 0 Å². The number of thiophene rings is 1. The van der Waals surface area contributed by atoms with Crippen molar-refractivity contribution >= 4 is 41.0 Å². The Kier molecular flexibility index (Phi) is 7.06. The first-order valence-corrected chi connectivity index (χ1v) is 17.1. The van der Waals surface area contributed by atoms with Crippen LogP contribution in [0.3, 0.4) is 0 Å². The predicted octanol–water partition coefficient (Wildman–Crippen LogP) is 5.59. The summed E-state index contributed by atoms with van der Waals surface area (Å²) in [6, 6.07) is 0. The molecule has 124 valence electrons. The second-order valence-corrected chi connectivity index (χ2v) is 19.8. The molecule has 22 heavy (non-hydrogen) atoms. The normalized spacial score (nSPS) is 12.3. The van der Waals surface area contributed by atoms with Gasteiger partial charge in [0, 0.05) is 0 Å². The molecule has 0 bridgehead atoms. The summed E-state index contributed by atoms with van der Waals surface area (Å²) in [5.41, 5.74) is 2.44. The van der Waals surface area contributed by atoms with Gasteiger partial charge in [-0.25, -0.2) is 0 Å². The van der Waals surface area contributed by atoms with Gasteiger partial charge in [-0.2, -0.15) is 0 Å². The standard InChI is InChI=1S/C5H4N2OS.3C4H9.Sn/c8-5-6-3-1-9-2-4(3)7-5;3*1-3-4-2;/h1-2H,(H2,6,7,8);3*1,3-4H2,2H3;/q;;;;+1/p-1. The molecule has 0 saturated heterocycles. The number of hydrogen-bond donors (Lipinski definition) is 1. The van der Waals surface area contributed by atoms with E-state index in [1.165, 1.54) is 57.4 Å². The summed E-state index contributed by atoms with van der Waals surface area (Å²) in [5, 5.41) is 4.27. The van der Waals surface area contributed by atoms with Crippen LogP contribution in [0.25, 0.3) is 11.0 Å². The van der Waals surface area contributed by atoms with Gasteiger partial charge < -0.3 is 0 Å². The maximum atomic E-state index is 12.7. The molecule has 5 heteroatoms. The third-order valence-electron chi connectivity index (χ3n) is 4.79. The molecule has 0 amide bonds. The number of imidazole rings is 1. The fraction of sp³-hybridized carbons (Fsp3) is 0.706. The second kappa shape index (κ2) is 8.57. The van der Waals surface area contributed by atoms with Gasteiger partial charge in [0.1, 0.15) is 0 Å². The number of nitrogens with one attached hydrogen (secondary N) is 1. The van der Waals surface area contributed by atoms with Crippen molar-refractivity contribution in [1.29, 1.82) is 0 Å². The molecule has 0 aliphatic rings. The van der Waals surface area contributed by atoms with Crippen LogP contribution in [-0.4, -0.2) is 26.4 Å². The molecule has 0 aromatic carbocycles. The van der Waals surface area contributed by atoms with Crippen LogP contribution in [0.1, 0.15) is 59.3 Å². The van der Waals surface area contributed by atoms with Crippen LogP contribution in [0.2, 0.25) is 13.3 Å². The molecular formula is C17H30N2OSSn. The molecule has 0 unspecified atom stereocenters. The zero-order chi connectivity index (χ0) is 16.0. The molecule has 2 rings (SSSR count). The first-order valence-electron chi connectivity index (χ1n) is 8.86. The number of aromatic nitrogens is 2. The van der Waals surface area contributed by atoms with Crippen LogP contribution in [0.4, 0.5) is 0 Å². The number of nitrogens with zero attached hydrogens (tertiary/aromatic N) is 1. The Labute approximate surface area is 142 Å². The molecule has 0 atom stereocenters. The summed E-state index contributed by atoms with van der Waals surface area (Å²) in [6.07, 6.45) is 7.57. The van der Waals surface area contributed by atoms with Crippen LogP contribution >= 0.6 is 11.3 Å². The van der Waals surface area contributed by atoms with E-state index in [9.17, 15) is 4.79 Å². The molecule has 0 saturated carbocycles. The van der Waals surface area contributed by atoms with Gasteiger partial charge in [0.05, 0.1) is 0 Å². The topological polar surface area (TPSA) is 37.8 Å². The van der Waals surface area contributed by atoms with Crippen molar-refractivity contribution < 1.29 is 0 Å². The minimum absolute atomic E-state index is 0.178. The maximum absolute atomic E-state index is 12.7. The summed E-state index contributed by atoms with van der Waals surface area (Å²) < 4.78 is 6.30. The van der Waals surface area contributed by atoms with Crippen molar-refractivity contribution in [2.75, 3.05) is 0 Å². The molecule has 3 nitrogen and oxygen atoms in total. The van der Waals surface area contributed by atoms with Crippen LogP contribution in [-0.2, 0) is 0 Å². The second-order valence-electron chi connectivity index (χ2n) is 6.47. The van der Waals surface area contributed by atoms with Crippen LogP contribution in [0, 0.1) is 0 Å². The number of rotatable bonds is 10. The van der Waals surface area contributed by atoms with Gasteiger partial charge in [-0.15, -0.1) is 0 Å². The SMILES string of the molecule is CCC[CH2][Sn]([CH2]CCC)([CH2]CCC)[n]1c(=O)[nH]c2cscc21. The molecule has 2 aromatic rings. The van der Waals surface area contributed by atoms with E-state index in [1.54, 1.807) is 11.3 Å². The van der Waals surface area contributed by atoms with Crippen molar-refractivity contribution in [1.82, 2.24) is 7.77 Å². The molecular weight excluding hydrogens is 399 g/mol. The first kappa shape index (κ1) is 18.1. The van der Waals surface area contributed by atoms with Crippen molar-refractivity contribution in [3.63, 3.8) is 0 Å². The summed E-state index contributed by atoms with van der Waals surface area (Å²) in [6.45, 7) is 6.82. The van der Waals surface area contributed by atoms with E-state index in [2.05, 4.69) is 39.3 Å². The third kappa shape index (κ3) is 3.81. The fourth-order valence-electron chi connectivity index (χ4n) is 3.54. The Balaban J connectivity index is 2.49. The Bertz CT molecular complexity index is 606.